The molecule has 1 amide bonds. The van der Waals surface area contributed by atoms with Crippen LogP contribution in [0.2, 0.25) is 10.0 Å². The summed E-state index contributed by atoms with van der Waals surface area (Å²) in [5.74, 6) is -0.241. The number of carbonyl (C=O) groups is 1. The number of halogens is 2. The maximum atomic E-state index is 11.7. The van der Waals surface area contributed by atoms with Gasteiger partial charge in [0, 0.05) is 18.0 Å². The number of rotatable bonds is 5. The first kappa shape index (κ1) is 13.8. The van der Waals surface area contributed by atoms with Crippen LogP contribution in [0.4, 0.5) is 0 Å². The van der Waals surface area contributed by atoms with Gasteiger partial charge in [0.2, 0.25) is 0 Å². The fraction of sp³-hybridized carbons (Fsp3) is 0.333. The Morgan fingerprint density at radius 3 is 2.82 bits per heavy atom. The lowest BCUT2D eigenvalue weighted by atomic mass is 10.2. The van der Waals surface area contributed by atoms with E-state index in [0.29, 0.717) is 28.6 Å². The van der Waals surface area contributed by atoms with Crippen molar-refractivity contribution in [3.63, 3.8) is 0 Å². The second-order valence-electron chi connectivity index (χ2n) is 3.50. The van der Waals surface area contributed by atoms with E-state index in [9.17, 15) is 4.79 Å². The Hall–Kier alpha value is -1.24. The van der Waals surface area contributed by atoms with Crippen LogP contribution in [0.5, 0.6) is 0 Å². The summed E-state index contributed by atoms with van der Waals surface area (Å²) in [7, 11) is 0. The van der Waals surface area contributed by atoms with E-state index in [2.05, 4.69) is 11.4 Å². The summed E-state index contributed by atoms with van der Waals surface area (Å²) in [5.41, 5.74) is 0.374. The van der Waals surface area contributed by atoms with Crippen LogP contribution in [0.1, 0.15) is 29.6 Å². The van der Waals surface area contributed by atoms with Crippen LogP contribution < -0.4 is 5.32 Å². The van der Waals surface area contributed by atoms with Crippen molar-refractivity contribution in [3.8, 4) is 6.07 Å². The zero-order valence-electron chi connectivity index (χ0n) is 9.17. The zero-order chi connectivity index (χ0) is 12.7. The number of hydrogen-bond acceptors (Lipinski definition) is 2. The van der Waals surface area contributed by atoms with Gasteiger partial charge in [-0.2, -0.15) is 5.26 Å². The Kier molecular flexibility index (Phi) is 5.82. The van der Waals surface area contributed by atoms with Gasteiger partial charge in [0.25, 0.3) is 5.91 Å². The van der Waals surface area contributed by atoms with E-state index in [1.807, 2.05) is 0 Å². The molecule has 0 spiro atoms. The van der Waals surface area contributed by atoms with Gasteiger partial charge in [0.05, 0.1) is 16.7 Å². The van der Waals surface area contributed by atoms with E-state index < -0.39 is 0 Å². The molecule has 0 aliphatic rings. The van der Waals surface area contributed by atoms with Crippen molar-refractivity contribution < 1.29 is 4.79 Å². The highest BCUT2D eigenvalue weighted by atomic mass is 35.5. The minimum Gasteiger partial charge on any atom is -0.352 e. The standard InChI is InChI=1S/C12H12Cl2N2O/c13-9-4-5-11(14)10(8-9)12(17)16-7-3-1-2-6-15/h4-5,8H,1-3,7H2,(H,16,17). The fourth-order valence-electron chi connectivity index (χ4n) is 1.30. The molecular weight excluding hydrogens is 259 g/mol. The molecule has 0 saturated carbocycles. The van der Waals surface area contributed by atoms with E-state index in [1.165, 1.54) is 6.07 Å². The van der Waals surface area contributed by atoms with Gasteiger partial charge in [-0.3, -0.25) is 4.79 Å². The topological polar surface area (TPSA) is 52.9 Å². The van der Waals surface area contributed by atoms with Crippen LogP contribution >= 0.6 is 23.2 Å². The molecule has 1 N–H and O–H groups in total. The smallest absolute Gasteiger partial charge is 0.252 e. The first-order valence-electron chi connectivity index (χ1n) is 5.25. The molecule has 0 aromatic heterocycles. The molecule has 0 saturated heterocycles. The Morgan fingerprint density at radius 2 is 2.12 bits per heavy atom. The van der Waals surface area contributed by atoms with Crippen molar-refractivity contribution in [3.05, 3.63) is 33.8 Å². The van der Waals surface area contributed by atoms with E-state index in [0.717, 1.165) is 12.8 Å². The van der Waals surface area contributed by atoms with Gasteiger partial charge < -0.3 is 5.32 Å². The highest BCUT2D eigenvalue weighted by molar-refractivity contribution is 6.35. The molecule has 90 valence electrons. The summed E-state index contributed by atoms with van der Waals surface area (Å²) >= 11 is 11.7. The molecule has 0 atom stereocenters. The van der Waals surface area contributed by atoms with Crippen molar-refractivity contribution in [2.45, 2.75) is 19.3 Å². The summed E-state index contributed by atoms with van der Waals surface area (Å²) in [6.45, 7) is 0.531. The number of benzene rings is 1. The molecule has 1 aromatic carbocycles. The number of nitriles is 1. The van der Waals surface area contributed by atoms with Crippen LogP contribution in [-0.4, -0.2) is 12.5 Å². The quantitative estimate of drug-likeness (QED) is 0.834. The molecule has 0 unspecified atom stereocenters. The summed E-state index contributed by atoms with van der Waals surface area (Å²) < 4.78 is 0. The van der Waals surface area contributed by atoms with Gasteiger partial charge in [0.1, 0.15) is 0 Å². The Balaban J connectivity index is 2.47. The van der Waals surface area contributed by atoms with Crippen molar-refractivity contribution in [2.75, 3.05) is 6.54 Å². The molecule has 0 fully saturated rings. The highest BCUT2D eigenvalue weighted by Gasteiger charge is 2.09. The average molecular weight is 271 g/mol. The Morgan fingerprint density at radius 1 is 1.35 bits per heavy atom. The molecule has 1 rings (SSSR count). The molecule has 17 heavy (non-hydrogen) atoms. The van der Waals surface area contributed by atoms with E-state index >= 15 is 0 Å². The van der Waals surface area contributed by atoms with Gasteiger partial charge >= 0.3 is 0 Å². The maximum absolute atomic E-state index is 11.7. The van der Waals surface area contributed by atoms with Gasteiger partial charge in [-0.15, -0.1) is 0 Å². The fourth-order valence-corrected chi connectivity index (χ4v) is 1.67. The Bertz CT molecular complexity index is 441. The van der Waals surface area contributed by atoms with Gasteiger partial charge in [-0.1, -0.05) is 23.2 Å². The summed E-state index contributed by atoms with van der Waals surface area (Å²) in [5, 5.41) is 11.9. The summed E-state index contributed by atoms with van der Waals surface area (Å²) in [6.07, 6.45) is 2.06. The van der Waals surface area contributed by atoms with Gasteiger partial charge in [-0.05, 0) is 31.0 Å². The lowest BCUT2D eigenvalue weighted by Gasteiger charge is -2.06. The minimum absolute atomic E-state index is 0.241. The predicted molar refractivity (Wildman–Crippen MR) is 68.3 cm³/mol. The van der Waals surface area contributed by atoms with Crippen LogP contribution in [-0.2, 0) is 0 Å². The normalized spacial score (nSPS) is 9.71. The molecular formula is C12H12Cl2N2O. The van der Waals surface area contributed by atoms with Crippen LogP contribution in [0.25, 0.3) is 0 Å². The first-order chi connectivity index (χ1) is 8.15. The first-order valence-corrected chi connectivity index (χ1v) is 6.01. The van der Waals surface area contributed by atoms with Crippen LogP contribution in [0.3, 0.4) is 0 Å². The number of nitrogens with zero attached hydrogens (tertiary/aromatic N) is 1. The molecule has 3 nitrogen and oxygen atoms in total. The molecule has 1 aromatic rings. The third kappa shape index (κ3) is 4.64. The lowest BCUT2D eigenvalue weighted by molar-refractivity contribution is 0.0953. The maximum Gasteiger partial charge on any atom is 0.252 e. The second-order valence-corrected chi connectivity index (χ2v) is 4.34. The monoisotopic (exact) mass is 270 g/mol. The summed E-state index contributed by atoms with van der Waals surface area (Å²) in [6, 6.07) is 6.81. The lowest BCUT2D eigenvalue weighted by Crippen LogP contribution is -2.24. The second kappa shape index (κ2) is 7.16. The molecule has 0 aliphatic heterocycles. The van der Waals surface area contributed by atoms with Gasteiger partial charge in [-0.25, -0.2) is 0 Å². The van der Waals surface area contributed by atoms with Crippen molar-refractivity contribution in [2.24, 2.45) is 0 Å². The van der Waals surface area contributed by atoms with Crippen molar-refractivity contribution in [1.82, 2.24) is 5.32 Å². The summed E-state index contributed by atoms with van der Waals surface area (Å²) in [4.78, 5) is 11.7. The van der Waals surface area contributed by atoms with E-state index in [-0.39, 0.29) is 5.91 Å². The predicted octanol–water partition coefficient (Wildman–Crippen LogP) is 3.42. The largest absolute Gasteiger partial charge is 0.352 e. The molecule has 0 radical (unpaired) electrons. The number of nitrogens with one attached hydrogen (secondary N) is 1. The molecule has 0 bridgehead atoms. The molecule has 5 heteroatoms. The van der Waals surface area contributed by atoms with Crippen molar-refractivity contribution in [1.29, 1.82) is 5.26 Å². The van der Waals surface area contributed by atoms with Gasteiger partial charge in [0.15, 0.2) is 0 Å². The SMILES string of the molecule is N#CCCCCNC(=O)c1cc(Cl)ccc1Cl. The average Bonchev–Trinajstić information content (AvgIpc) is 2.32. The third-order valence-electron chi connectivity index (χ3n) is 2.17. The number of amides is 1. The number of unbranched alkanes of at least 4 members (excludes halogenated alkanes) is 2. The van der Waals surface area contributed by atoms with Crippen LogP contribution in [0.15, 0.2) is 18.2 Å². The number of carbonyl (C=O) groups excluding carboxylic acids is 1. The number of hydrogen-bond donors (Lipinski definition) is 1. The zero-order valence-corrected chi connectivity index (χ0v) is 10.7. The molecule has 0 heterocycles. The van der Waals surface area contributed by atoms with E-state index in [4.69, 9.17) is 28.5 Å². The third-order valence-corrected chi connectivity index (χ3v) is 2.74. The minimum atomic E-state index is -0.241. The van der Waals surface area contributed by atoms with Crippen molar-refractivity contribution >= 4 is 29.1 Å². The Labute approximate surface area is 110 Å². The van der Waals surface area contributed by atoms with Crippen LogP contribution in [0, 0.1) is 11.3 Å². The molecule has 0 aliphatic carbocycles. The highest BCUT2D eigenvalue weighted by Crippen LogP contribution is 2.20. The van der Waals surface area contributed by atoms with E-state index in [1.54, 1.807) is 12.1 Å².